The van der Waals surface area contributed by atoms with Gasteiger partial charge in [0.2, 0.25) is 5.13 Å². The standard InChI is InChI=1S/C13H16N4OS/c18-11-7-2-1-5-9(11)15-13-17-16-12(19-13)10-6-3-4-8-14-10/h3-4,6,8-9,11,18H,1-2,5,7H2,(H,15,17)/t9-,11-/m0/s1. The monoisotopic (exact) mass is 276 g/mol. The molecule has 0 unspecified atom stereocenters. The van der Waals surface area contributed by atoms with E-state index in [0.717, 1.165) is 41.5 Å². The fourth-order valence-corrected chi connectivity index (χ4v) is 3.09. The van der Waals surface area contributed by atoms with Crippen LogP contribution in [0.15, 0.2) is 24.4 Å². The Hall–Kier alpha value is -1.53. The number of rotatable bonds is 3. The van der Waals surface area contributed by atoms with Gasteiger partial charge in [-0.05, 0) is 25.0 Å². The highest BCUT2D eigenvalue weighted by atomic mass is 32.1. The second kappa shape index (κ2) is 5.63. The molecule has 0 amide bonds. The molecule has 1 saturated carbocycles. The van der Waals surface area contributed by atoms with Crippen LogP contribution in [-0.2, 0) is 0 Å². The summed E-state index contributed by atoms with van der Waals surface area (Å²) in [5.74, 6) is 0. The van der Waals surface area contributed by atoms with Gasteiger partial charge in [-0.1, -0.05) is 30.2 Å². The molecule has 1 aliphatic carbocycles. The summed E-state index contributed by atoms with van der Waals surface area (Å²) in [4.78, 5) is 4.25. The average molecular weight is 276 g/mol. The van der Waals surface area contributed by atoms with Gasteiger partial charge < -0.3 is 10.4 Å². The van der Waals surface area contributed by atoms with Crippen LogP contribution in [0.25, 0.3) is 10.7 Å². The molecule has 0 saturated heterocycles. The third kappa shape index (κ3) is 2.90. The molecule has 1 aliphatic rings. The highest BCUT2D eigenvalue weighted by molar-refractivity contribution is 7.18. The van der Waals surface area contributed by atoms with E-state index in [4.69, 9.17) is 0 Å². The first kappa shape index (κ1) is 12.5. The van der Waals surface area contributed by atoms with Gasteiger partial charge in [0.25, 0.3) is 0 Å². The molecule has 0 radical (unpaired) electrons. The van der Waals surface area contributed by atoms with Crippen molar-refractivity contribution >= 4 is 16.5 Å². The van der Waals surface area contributed by atoms with Crippen molar-refractivity contribution in [1.82, 2.24) is 15.2 Å². The van der Waals surface area contributed by atoms with E-state index in [2.05, 4.69) is 20.5 Å². The Labute approximate surface area is 115 Å². The van der Waals surface area contributed by atoms with Crippen LogP contribution >= 0.6 is 11.3 Å². The Morgan fingerprint density at radius 1 is 1.21 bits per heavy atom. The number of aromatic nitrogens is 3. The average Bonchev–Trinajstić information content (AvgIpc) is 2.91. The molecular formula is C13H16N4OS. The Morgan fingerprint density at radius 3 is 2.89 bits per heavy atom. The topological polar surface area (TPSA) is 70.9 Å². The van der Waals surface area contributed by atoms with Crippen molar-refractivity contribution < 1.29 is 5.11 Å². The molecule has 0 aliphatic heterocycles. The lowest BCUT2D eigenvalue weighted by Gasteiger charge is -2.27. The largest absolute Gasteiger partial charge is 0.391 e. The van der Waals surface area contributed by atoms with Crippen molar-refractivity contribution in [1.29, 1.82) is 0 Å². The van der Waals surface area contributed by atoms with E-state index in [-0.39, 0.29) is 12.1 Å². The van der Waals surface area contributed by atoms with E-state index in [1.54, 1.807) is 6.20 Å². The van der Waals surface area contributed by atoms with Crippen molar-refractivity contribution in [3.8, 4) is 10.7 Å². The first-order chi connectivity index (χ1) is 9.33. The molecule has 0 aromatic carbocycles. The Kier molecular flexibility index (Phi) is 3.70. The van der Waals surface area contributed by atoms with Crippen molar-refractivity contribution in [2.24, 2.45) is 0 Å². The second-order valence-electron chi connectivity index (χ2n) is 4.73. The van der Waals surface area contributed by atoms with Crippen LogP contribution in [0.4, 0.5) is 5.13 Å². The zero-order valence-corrected chi connectivity index (χ0v) is 11.3. The van der Waals surface area contributed by atoms with E-state index in [0.29, 0.717) is 0 Å². The lowest BCUT2D eigenvalue weighted by atomic mass is 9.93. The van der Waals surface area contributed by atoms with Gasteiger partial charge in [0.15, 0.2) is 5.01 Å². The minimum absolute atomic E-state index is 0.0956. The Bertz CT molecular complexity index is 530. The van der Waals surface area contributed by atoms with Crippen LogP contribution in [-0.4, -0.2) is 32.4 Å². The van der Waals surface area contributed by atoms with Crippen LogP contribution in [0, 0.1) is 0 Å². The quantitative estimate of drug-likeness (QED) is 0.900. The number of aliphatic hydroxyl groups excluding tert-OH is 1. The first-order valence-electron chi connectivity index (χ1n) is 6.52. The summed E-state index contributed by atoms with van der Waals surface area (Å²) in [5.41, 5.74) is 0.831. The number of nitrogens with zero attached hydrogens (tertiary/aromatic N) is 3. The number of hydrogen-bond donors (Lipinski definition) is 2. The minimum Gasteiger partial charge on any atom is -0.391 e. The highest BCUT2D eigenvalue weighted by Crippen LogP contribution is 2.27. The summed E-state index contributed by atoms with van der Waals surface area (Å²) in [6.45, 7) is 0. The molecule has 6 heteroatoms. The summed E-state index contributed by atoms with van der Waals surface area (Å²) in [5, 5.41) is 23.0. The minimum atomic E-state index is -0.282. The summed E-state index contributed by atoms with van der Waals surface area (Å²) in [7, 11) is 0. The van der Waals surface area contributed by atoms with Gasteiger partial charge in [-0.2, -0.15) is 0 Å². The first-order valence-corrected chi connectivity index (χ1v) is 7.34. The van der Waals surface area contributed by atoms with Gasteiger partial charge >= 0.3 is 0 Å². The SMILES string of the molecule is O[C@H]1CCCC[C@@H]1Nc1nnc(-c2ccccn2)s1. The van der Waals surface area contributed by atoms with E-state index in [9.17, 15) is 5.11 Å². The molecule has 2 atom stereocenters. The fraction of sp³-hybridized carbons (Fsp3) is 0.462. The van der Waals surface area contributed by atoms with Gasteiger partial charge in [-0.3, -0.25) is 4.98 Å². The number of pyridine rings is 1. The maximum absolute atomic E-state index is 9.94. The van der Waals surface area contributed by atoms with Crippen molar-refractivity contribution in [2.45, 2.75) is 37.8 Å². The van der Waals surface area contributed by atoms with E-state index < -0.39 is 0 Å². The Balaban J connectivity index is 1.71. The lowest BCUT2D eigenvalue weighted by molar-refractivity contribution is 0.116. The van der Waals surface area contributed by atoms with Crippen LogP contribution in [0.2, 0.25) is 0 Å². The van der Waals surface area contributed by atoms with Crippen molar-refractivity contribution in [2.75, 3.05) is 5.32 Å². The van der Waals surface area contributed by atoms with Gasteiger partial charge in [-0.15, -0.1) is 10.2 Å². The van der Waals surface area contributed by atoms with E-state index in [1.807, 2.05) is 18.2 Å². The van der Waals surface area contributed by atoms with Gasteiger partial charge in [0.1, 0.15) is 5.69 Å². The third-order valence-electron chi connectivity index (χ3n) is 3.35. The predicted molar refractivity (Wildman–Crippen MR) is 75.0 cm³/mol. The zero-order chi connectivity index (χ0) is 13.1. The molecule has 0 spiro atoms. The predicted octanol–water partition coefficient (Wildman–Crippen LogP) is 2.32. The normalized spacial score (nSPS) is 23.2. The molecule has 3 rings (SSSR count). The van der Waals surface area contributed by atoms with E-state index >= 15 is 0 Å². The lowest BCUT2D eigenvalue weighted by Crippen LogP contribution is -2.36. The third-order valence-corrected chi connectivity index (χ3v) is 4.22. The van der Waals surface area contributed by atoms with Gasteiger partial charge in [0, 0.05) is 6.20 Å². The summed E-state index contributed by atoms with van der Waals surface area (Å²) in [6.07, 6.45) is 5.57. The number of aliphatic hydroxyl groups is 1. The smallest absolute Gasteiger partial charge is 0.206 e. The van der Waals surface area contributed by atoms with Crippen molar-refractivity contribution in [3.05, 3.63) is 24.4 Å². The molecule has 100 valence electrons. The van der Waals surface area contributed by atoms with Crippen LogP contribution in [0.1, 0.15) is 25.7 Å². The number of anilines is 1. The molecule has 2 aromatic rings. The maximum Gasteiger partial charge on any atom is 0.206 e. The summed E-state index contributed by atoms with van der Waals surface area (Å²) in [6, 6.07) is 5.82. The summed E-state index contributed by atoms with van der Waals surface area (Å²) < 4.78 is 0. The fourth-order valence-electron chi connectivity index (χ4n) is 2.31. The molecule has 2 aromatic heterocycles. The van der Waals surface area contributed by atoms with Crippen LogP contribution in [0.5, 0.6) is 0 Å². The molecule has 2 N–H and O–H groups in total. The number of hydrogen-bond acceptors (Lipinski definition) is 6. The molecule has 5 nitrogen and oxygen atoms in total. The molecule has 19 heavy (non-hydrogen) atoms. The molecular weight excluding hydrogens is 260 g/mol. The maximum atomic E-state index is 9.94. The van der Waals surface area contributed by atoms with Gasteiger partial charge in [-0.25, -0.2) is 0 Å². The molecule has 0 bridgehead atoms. The second-order valence-corrected chi connectivity index (χ2v) is 5.71. The van der Waals surface area contributed by atoms with Crippen LogP contribution < -0.4 is 5.32 Å². The van der Waals surface area contributed by atoms with Crippen LogP contribution in [0.3, 0.4) is 0 Å². The summed E-state index contributed by atoms with van der Waals surface area (Å²) >= 11 is 1.47. The zero-order valence-electron chi connectivity index (χ0n) is 10.5. The molecule has 2 heterocycles. The molecule has 1 fully saturated rings. The highest BCUT2D eigenvalue weighted by Gasteiger charge is 2.23. The van der Waals surface area contributed by atoms with Gasteiger partial charge in [0.05, 0.1) is 12.1 Å². The van der Waals surface area contributed by atoms with Crippen molar-refractivity contribution in [3.63, 3.8) is 0 Å². The van der Waals surface area contributed by atoms with E-state index in [1.165, 1.54) is 11.3 Å². The number of nitrogens with one attached hydrogen (secondary N) is 1. The Morgan fingerprint density at radius 2 is 2.11 bits per heavy atom.